The lowest BCUT2D eigenvalue weighted by Gasteiger charge is -2.36. The zero-order chi connectivity index (χ0) is 31.9. The van der Waals surface area contributed by atoms with Crippen molar-refractivity contribution in [1.29, 1.82) is 0 Å². The number of nitrogens with one attached hydrogen (secondary N) is 2. The number of halogens is 3. The first-order valence-corrected chi connectivity index (χ1v) is 17.0. The van der Waals surface area contributed by atoms with Gasteiger partial charge in [0, 0.05) is 35.1 Å². The van der Waals surface area contributed by atoms with E-state index in [4.69, 9.17) is 31.0 Å². The number of carbonyl (C=O) groups is 1. The Morgan fingerprint density at radius 2 is 1.98 bits per heavy atom. The van der Waals surface area contributed by atoms with Gasteiger partial charge in [0.1, 0.15) is 29.8 Å². The van der Waals surface area contributed by atoms with Crippen molar-refractivity contribution < 1.29 is 23.0 Å². The molecule has 246 valence electrons. The van der Waals surface area contributed by atoms with E-state index in [0.717, 1.165) is 50.8 Å². The molecular weight excluding hydrogens is 630 g/mol. The highest BCUT2D eigenvalue weighted by atomic mass is 35.5. The predicted octanol–water partition coefficient (Wildman–Crippen LogP) is 5.52. The molecule has 6 bridgehead atoms. The summed E-state index contributed by atoms with van der Waals surface area (Å²) in [5.74, 6) is -0.119. The van der Waals surface area contributed by atoms with Crippen LogP contribution >= 0.6 is 11.6 Å². The van der Waals surface area contributed by atoms with Crippen molar-refractivity contribution in [3.63, 3.8) is 0 Å². The molecule has 4 atom stereocenters. The summed E-state index contributed by atoms with van der Waals surface area (Å²) >= 11 is 6.91. The number of hydrogen-bond acceptors (Lipinski definition) is 9. The number of pyridine rings is 1. The number of piperidine rings is 1. The first-order chi connectivity index (χ1) is 22.9. The molecule has 10 rings (SSSR count). The number of H-pyrrole nitrogens is 1. The minimum Gasteiger partial charge on any atom is -0.461 e. The molecule has 14 heteroatoms. The standard InChI is InChI=1S/C33H35ClF2N8O3/c34-23-11-24-21(13-38-42-24)26-25(23)20-9-17(20)3-8-46-32(45)39-19-10-18(35)14-43(15-19)30-22-12-37-29(26)27(36)28(22)40-31(41-30)47-16-33-4-1-6-44(33)7-2-5-33/h11-13,17-20H,1-10,14-16H2,(H,38,42)(H,39,45). The molecule has 8 heterocycles. The van der Waals surface area contributed by atoms with Crippen molar-refractivity contribution >= 4 is 45.3 Å². The summed E-state index contributed by atoms with van der Waals surface area (Å²) in [5, 5.41) is 11.5. The van der Waals surface area contributed by atoms with E-state index in [9.17, 15) is 4.79 Å². The lowest BCUT2D eigenvalue weighted by atomic mass is 9.94. The molecular formula is C33H35ClF2N8O3. The molecule has 3 saturated heterocycles. The summed E-state index contributed by atoms with van der Waals surface area (Å²) in [6, 6.07) is 1.30. The third-order valence-electron chi connectivity index (χ3n) is 10.9. The van der Waals surface area contributed by atoms with Crippen molar-refractivity contribution in [3.8, 4) is 17.3 Å². The quantitative estimate of drug-likeness (QED) is 0.292. The summed E-state index contributed by atoms with van der Waals surface area (Å²) in [5.41, 5.74) is 2.07. The van der Waals surface area contributed by atoms with Crippen LogP contribution in [0.2, 0.25) is 5.02 Å². The van der Waals surface area contributed by atoms with Crippen LogP contribution < -0.4 is 15.0 Å². The summed E-state index contributed by atoms with van der Waals surface area (Å²) in [7, 11) is 0. The Labute approximate surface area is 274 Å². The highest BCUT2D eigenvalue weighted by Gasteiger charge is 2.45. The number of nitrogens with zero attached hydrogens (tertiary/aromatic N) is 6. The van der Waals surface area contributed by atoms with Gasteiger partial charge < -0.3 is 19.7 Å². The average molecular weight is 665 g/mol. The minimum absolute atomic E-state index is 0.0112. The topological polar surface area (TPSA) is 121 Å². The van der Waals surface area contributed by atoms with Crippen LogP contribution in [0, 0.1) is 11.7 Å². The van der Waals surface area contributed by atoms with Crippen molar-refractivity contribution in [2.45, 2.75) is 68.6 Å². The number of rotatable bonds is 3. The fraction of sp³-hybridized carbons (Fsp3) is 0.545. The van der Waals surface area contributed by atoms with E-state index in [1.54, 1.807) is 17.3 Å². The molecule has 0 spiro atoms. The maximum atomic E-state index is 17.1. The van der Waals surface area contributed by atoms with Gasteiger partial charge in [-0.15, -0.1) is 0 Å². The molecule has 1 saturated carbocycles. The van der Waals surface area contributed by atoms with Gasteiger partial charge in [0.2, 0.25) is 0 Å². The number of benzene rings is 1. The van der Waals surface area contributed by atoms with E-state index in [1.165, 1.54) is 0 Å². The Bertz CT molecular complexity index is 1900. The number of carbonyl (C=O) groups excluding carboxylic acids is 1. The number of hydrogen-bond donors (Lipinski definition) is 2. The Morgan fingerprint density at radius 1 is 1.13 bits per heavy atom. The van der Waals surface area contributed by atoms with Gasteiger partial charge in [0.25, 0.3) is 0 Å². The van der Waals surface area contributed by atoms with E-state index in [1.807, 2.05) is 6.07 Å². The number of anilines is 1. The number of aromatic amines is 1. The van der Waals surface area contributed by atoms with Crippen molar-refractivity contribution in [2.75, 3.05) is 44.3 Å². The molecule has 1 aliphatic carbocycles. The molecule has 4 unspecified atom stereocenters. The summed E-state index contributed by atoms with van der Waals surface area (Å²) in [6.07, 6.45) is 7.16. The van der Waals surface area contributed by atoms with E-state index in [2.05, 4.69) is 25.4 Å². The van der Waals surface area contributed by atoms with E-state index in [-0.39, 0.29) is 60.7 Å². The molecule has 3 aromatic heterocycles. The largest absolute Gasteiger partial charge is 0.461 e. The summed E-state index contributed by atoms with van der Waals surface area (Å²) < 4.78 is 44.3. The smallest absolute Gasteiger partial charge is 0.407 e. The van der Waals surface area contributed by atoms with Crippen LogP contribution in [0.15, 0.2) is 18.5 Å². The first-order valence-electron chi connectivity index (χ1n) is 16.6. The fourth-order valence-corrected chi connectivity index (χ4v) is 8.94. The van der Waals surface area contributed by atoms with Crippen LogP contribution in [0.4, 0.5) is 19.4 Å². The predicted molar refractivity (Wildman–Crippen MR) is 171 cm³/mol. The first kappa shape index (κ1) is 29.3. The third kappa shape index (κ3) is 4.95. The SMILES string of the molecule is O=C1NC2CC(F)CN(C2)c2nc(OCC34CCCN3CCC4)nc3c(F)c(ncc23)-c2c(c(Cl)cc3[nH]ncc23)C2CC2CCO1. The highest BCUT2D eigenvalue weighted by molar-refractivity contribution is 6.33. The molecule has 6 aliphatic rings. The Hall–Kier alpha value is -3.84. The maximum Gasteiger partial charge on any atom is 0.407 e. The van der Waals surface area contributed by atoms with Crippen LogP contribution in [0.25, 0.3) is 33.1 Å². The van der Waals surface area contributed by atoms with Crippen molar-refractivity contribution in [2.24, 2.45) is 5.92 Å². The molecule has 4 fully saturated rings. The van der Waals surface area contributed by atoms with Gasteiger partial charge in [0.05, 0.1) is 41.8 Å². The van der Waals surface area contributed by atoms with Gasteiger partial charge in [-0.3, -0.25) is 15.0 Å². The fourth-order valence-electron chi connectivity index (χ4n) is 8.60. The van der Waals surface area contributed by atoms with Crippen LogP contribution in [-0.4, -0.2) is 93.3 Å². The average Bonchev–Trinajstić information content (AvgIpc) is 3.33. The molecule has 5 aliphatic heterocycles. The lowest BCUT2D eigenvalue weighted by Crippen LogP contribution is -2.52. The minimum atomic E-state index is -1.26. The number of aromatic nitrogens is 5. The van der Waals surface area contributed by atoms with Crippen LogP contribution in [0.3, 0.4) is 0 Å². The maximum absolute atomic E-state index is 17.1. The second-order valence-corrected chi connectivity index (χ2v) is 14.2. The van der Waals surface area contributed by atoms with E-state index >= 15 is 8.78 Å². The number of alkyl carbamates (subject to hydrolysis) is 1. The van der Waals surface area contributed by atoms with Crippen LogP contribution in [0.1, 0.15) is 56.4 Å². The highest BCUT2D eigenvalue weighted by Crippen LogP contribution is 2.56. The molecule has 11 nitrogen and oxygen atoms in total. The number of ether oxygens (including phenoxy) is 2. The molecule has 1 aromatic carbocycles. The number of alkyl halides is 1. The van der Waals surface area contributed by atoms with Gasteiger partial charge >= 0.3 is 12.1 Å². The summed E-state index contributed by atoms with van der Waals surface area (Å²) in [6.45, 7) is 2.92. The zero-order valence-corrected chi connectivity index (χ0v) is 26.5. The van der Waals surface area contributed by atoms with Crippen LogP contribution in [0.5, 0.6) is 6.01 Å². The zero-order valence-electron chi connectivity index (χ0n) is 25.8. The number of fused-ring (bicyclic) bond motifs is 7. The molecule has 2 N–H and O–H groups in total. The molecule has 4 aromatic rings. The Kier molecular flexibility index (Phi) is 6.93. The van der Waals surface area contributed by atoms with Gasteiger partial charge in [-0.05, 0) is 75.1 Å². The van der Waals surface area contributed by atoms with Crippen molar-refractivity contribution in [1.82, 2.24) is 35.4 Å². The van der Waals surface area contributed by atoms with Gasteiger partial charge in [-0.25, -0.2) is 13.6 Å². The van der Waals surface area contributed by atoms with Crippen LogP contribution in [-0.2, 0) is 4.74 Å². The second kappa shape index (κ2) is 11.1. The molecule has 47 heavy (non-hydrogen) atoms. The van der Waals surface area contributed by atoms with E-state index in [0.29, 0.717) is 45.7 Å². The van der Waals surface area contributed by atoms with Gasteiger partial charge in [-0.1, -0.05) is 11.6 Å². The van der Waals surface area contributed by atoms with Gasteiger partial charge in [0.15, 0.2) is 5.82 Å². The number of amides is 1. The van der Waals surface area contributed by atoms with Crippen molar-refractivity contribution in [3.05, 3.63) is 34.9 Å². The Morgan fingerprint density at radius 3 is 2.83 bits per heavy atom. The molecule has 1 amide bonds. The normalized spacial score (nSPS) is 27.0. The lowest BCUT2D eigenvalue weighted by molar-refractivity contribution is 0.107. The monoisotopic (exact) mass is 664 g/mol. The third-order valence-corrected chi connectivity index (χ3v) is 11.2. The Balaban J connectivity index is 1.22. The second-order valence-electron chi connectivity index (χ2n) is 13.8. The van der Waals surface area contributed by atoms with Gasteiger partial charge in [-0.2, -0.15) is 15.1 Å². The molecule has 0 radical (unpaired) electrons. The van der Waals surface area contributed by atoms with E-state index < -0.39 is 24.1 Å². The summed E-state index contributed by atoms with van der Waals surface area (Å²) in [4.78, 5) is 31.1.